The van der Waals surface area contributed by atoms with Crippen molar-refractivity contribution in [2.45, 2.75) is 37.4 Å². The molecule has 0 bridgehead atoms. The summed E-state index contributed by atoms with van der Waals surface area (Å²) in [7, 11) is 5.02. The molecule has 1 aliphatic heterocycles. The average Bonchev–Trinajstić information content (AvgIpc) is 3.25. The van der Waals surface area contributed by atoms with Gasteiger partial charge in [0, 0.05) is 29.1 Å². The predicted molar refractivity (Wildman–Crippen MR) is 116 cm³/mol. The summed E-state index contributed by atoms with van der Waals surface area (Å²) in [5, 5.41) is 0.663. The van der Waals surface area contributed by atoms with Crippen LogP contribution in [-0.4, -0.2) is 30.1 Å². The minimum Gasteiger partial charge on any atom is -0.465 e. The molecule has 4 nitrogen and oxygen atoms in total. The Hall–Kier alpha value is -2.06. The average molecular weight is 453 g/mol. The van der Waals surface area contributed by atoms with Crippen LogP contribution in [-0.2, 0) is 9.53 Å². The van der Waals surface area contributed by atoms with E-state index in [0.717, 1.165) is 25.0 Å². The second-order valence-electron chi connectivity index (χ2n) is 6.88. The minimum absolute atomic E-state index is 0.00598. The number of hydrogen-bond acceptors (Lipinski definition) is 6. The molecule has 1 aliphatic rings. The zero-order valence-corrected chi connectivity index (χ0v) is 18.1. The number of carbonyl (C=O) groups is 2. The molecule has 1 unspecified atom stereocenters. The van der Waals surface area contributed by atoms with Crippen LogP contribution in [0.25, 0.3) is 11.1 Å². The van der Waals surface area contributed by atoms with Crippen LogP contribution in [0.4, 0.5) is 8.78 Å². The Morgan fingerprint density at radius 3 is 2.67 bits per heavy atom. The standard InChI is InChI=1S/C22H22F2O4S2/c1-27-22(26)18-12-14(17-8-7-15(23)13-19(17)24)6-9-20(18)28-21(25)5-3-2-4-16-10-11-29-30-16/h6-9,12-13,16H,2-5,10-11H2,1H3. The first-order valence-corrected chi connectivity index (χ1v) is 12.0. The smallest absolute Gasteiger partial charge is 0.341 e. The summed E-state index contributed by atoms with van der Waals surface area (Å²) in [5.74, 6) is -1.35. The molecule has 0 aromatic heterocycles. The number of halogens is 2. The third kappa shape index (κ3) is 5.98. The molecule has 3 rings (SSSR count). The quantitative estimate of drug-likeness (QED) is 0.211. The van der Waals surface area contributed by atoms with E-state index in [0.29, 0.717) is 17.2 Å². The van der Waals surface area contributed by atoms with Crippen molar-refractivity contribution >= 4 is 33.5 Å². The predicted octanol–water partition coefficient (Wildman–Crippen LogP) is 6.04. The monoisotopic (exact) mass is 452 g/mol. The summed E-state index contributed by atoms with van der Waals surface area (Å²) in [6, 6.07) is 7.50. The summed E-state index contributed by atoms with van der Waals surface area (Å²) in [5.41, 5.74) is 0.480. The first-order valence-electron chi connectivity index (χ1n) is 9.64. The number of carbonyl (C=O) groups excluding carboxylic acids is 2. The van der Waals surface area contributed by atoms with Gasteiger partial charge >= 0.3 is 11.9 Å². The normalized spacial score (nSPS) is 15.8. The molecule has 2 aromatic carbocycles. The van der Waals surface area contributed by atoms with Crippen LogP contribution < -0.4 is 4.74 Å². The maximum atomic E-state index is 14.1. The minimum atomic E-state index is -0.755. The molecule has 1 atom stereocenters. The molecule has 0 radical (unpaired) electrons. The fourth-order valence-electron chi connectivity index (χ4n) is 3.16. The van der Waals surface area contributed by atoms with Gasteiger partial charge < -0.3 is 9.47 Å². The van der Waals surface area contributed by atoms with Gasteiger partial charge in [0.05, 0.1) is 7.11 Å². The van der Waals surface area contributed by atoms with Crippen LogP contribution in [0.1, 0.15) is 42.5 Å². The van der Waals surface area contributed by atoms with Crippen molar-refractivity contribution < 1.29 is 27.8 Å². The van der Waals surface area contributed by atoms with E-state index < -0.39 is 23.6 Å². The number of benzene rings is 2. The lowest BCUT2D eigenvalue weighted by atomic mass is 10.0. The summed E-state index contributed by atoms with van der Waals surface area (Å²) < 4.78 is 37.4. The Bertz CT molecular complexity index is 914. The van der Waals surface area contributed by atoms with Crippen molar-refractivity contribution in [1.29, 1.82) is 0 Å². The molecule has 0 spiro atoms. The van der Waals surface area contributed by atoms with Gasteiger partial charge in [0.25, 0.3) is 0 Å². The molecule has 1 fully saturated rings. The molecular weight excluding hydrogens is 430 g/mol. The van der Waals surface area contributed by atoms with E-state index in [4.69, 9.17) is 9.47 Å². The first-order chi connectivity index (χ1) is 14.5. The highest BCUT2D eigenvalue weighted by Crippen LogP contribution is 2.40. The second-order valence-corrected chi connectivity index (χ2v) is 9.66. The van der Waals surface area contributed by atoms with Gasteiger partial charge in [-0.3, -0.25) is 4.79 Å². The lowest BCUT2D eigenvalue weighted by Crippen LogP contribution is -2.12. The lowest BCUT2D eigenvalue weighted by Gasteiger charge is -2.12. The van der Waals surface area contributed by atoms with Crippen LogP contribution in [0.15, 0.2) is 36.4 Å². The van der Waals surface area contributed by atoms with Gasteiger partial charge in [-0.15, -0.1) is 0 Å². The Balaban J connectivity index is 1.67. The van der Waals surface area contributed by atoms with E-state index in [9.17, 15) is 18.4 Å². The Kier molecular flexibility index (Phi) is 8.16. The zero-order chi connectivity index (χ0) is 21.5. The van der Waals surface area contributed by atoms with Gasteiger partial charge in [0.2, 0.25) is 0 Å². The van der Waals surface area contributed by atoms with E-state index >= 15 is 0 Å². The fourth-order valence-corrected chi connectivity index (χ4v) is 6.19. The van der Waals surface area contributed by atoms with Gasteiger partial charge in [-0.25, -0.2) is 13.6 Å². The Morgan fingerprint density at radius 2 is 1.97 bits per heavy atom. The molecule has 0 saturated carbocycles. The molecule has 0 N–H and O–H groups in total. The first kappa shape index (κ1) is 22.6. The topological polar surface area (TPSA) is 52.6 Å². The number of hydrogen-bond donors (Lipinski definition) is 0. The number of unbranched alkanes of at least 4 members (excludes halogenated alkanes) is 1. The van der Waals surface area contributed by atoms with Crippen molar-refractivity contribution in [2.75, 3.05) is 12.9 Å². The van der Waals surface area contributed by atoms with E-state index in [-0.39, 0.29) is 23.3 Å². The number of methoxy groups -OCH3 is 1. The molecule has 8 heteroatoms. The largest absolute Gasteiger partial charge is 0.465 e. The zero-order valence-electron chi connectivity index (χ0n) is 16.5. The highest BCUT2D eigenvalue weighted by Gasteiger charge is 2.19. The van der Waals surface area contributed by atoms with E-state index in [1.165, 1.54) is 43.5 Å². The van der Waals surface area contributed by atoms with Crippen LogP contribution in [0, 0.1) is 11.6 Å². The molecule has 0 aliphatic carbocycles. The molecule has 160 valence electrons. The molecule has 1 saturated heterocycles. The van der Waals surface area contributed by atoms with Gasteiger partial charge in [-0.2, -0.15) is 0 Å². The highest BCUT2D eigenvalue weighted by atomic mass is 33.1. The lowest BCUT2D eigenvalue weighted by molar-refractivity contribution is -0.134. The second kappa shape index (κ2) is 10.8. The summed E-state index contributed by atoms with van der Waals surface area (Å²) in [6.07, 6.45) is 4.20. The SMILES string of the molecule is COC(=O)c1cc(-c2ccc(F)cc2F)ccc1OC(=O)CCCCC1CCSS1. The summed E-state index contributed by atoms with van der Waals surface area (Å²) >= 11 is 0. The van der Waals surface area contributed by atoms with E-state index in [1.54, 1.807) is 0 Å². The molecular formula is C22H22F2O4S2. The Morgan fingerprint density at radius 1 is 1.13 bits per heavy atom. The molecule has 30 heavy (non-hydrogen) atoms. The van der Waals surface area contributed by atoms with Gasteiger partial charge in [-0.05, 0) is 49.1 Å². The fraction of sp³-hybridized carbons (Fsp3) is 0.364. The third-order valence-electron chi connectivity index (χ3n) is 4.74. The van der Waals surface area contributed by atoms with Crippen molar-refractivity contribution in [3.8, 4) is 16.9 Å². The Labute approximate surface area is 182 Å². The van der Waals surface area contributed by atoms with Crippen molar-refractivity contribution in [2.24, 2.45) is 0 Å². The van der Waals surface area contributed by atoms with Crippen molar-refractivity contribution in [1.82, 2.24) is 0 Å². The van der Waals surface area contributed by atoms with Gasteiger partial charge in [0.1, 0.15) is 22.9 Å². The molecule has 0 amide bonds. The van der Waals surface area contributed by atoms with Crippen molar-refractivity contribution in [3.63, 3.8) is 0 Å². The van der Waals surface area contributed by atoms with Crippen LogP contribution in [0.5, 0.6) is 5.75 Å². The number of esters is 2. The maximum absolute atomic E-state index is 14.1. The van der Waals surface area contributed by atoms with Crippen LogP contribution in [0.3, 0.4) is 0 Å². The summed E-state index contributed by atoms with van der Waals surface area (Å²) in [4.78, 5) is 24.4. The van der Waals surface area contributed by atoms with E-state index in [2.05, 4.69) is 0 Å². The third-order valence-corrected chi connectivity index (χ3v) is 7.74. The molecule has 2 aromatic rings. The van der Waals surface area contributed by atoms with Crippen molar-refractivity contribution in [3.05, 3.63) is 53.6 Å². The summed E-state index contributed by atoms with van der Waals surface area (Å²) in [6.45, 7) is 0. The highest BCUT2D eigenvalue weighted by molar-refractivity contribution is 8.77. The van der Waals surface area contributed by atoms with Crippen LogP contribution >= 0.6 is 21.6 Å². The van der Waals surface area contributed by atoms with Gasteiger partial charge in [-0.1, -0.05) is 34.1 Å². The van der Waals surface area contributed by atoms with Crippen LogP contribution in [0.2, 0.25) is 0 Å². The number of rotatable bonds is 8. The number of ether oxygens (including phenoxy) is 2. The van der Waals surface area contributed by atoms with E-state index in [1.807, 2.05) is 21.6 Å². The molecule has 1 heterocycles. The maximum Gasteiger partial charge on any atom is 0.341 e. The van der Waals surface area contributed by atoms with Gasteiger partial charge in [0.15, 0.2) is 0 Å².